The molecule has 0 radical (unpaired) electrons. The maximum Gasteiger partial charge on any atom is 0.163 e. The Morgan fingerprint density at radius 2 is 1.77 bits per heavy atom. The summed E-state index contributed by atoms with van der Waals surface area (Å²) in [7, 11) is 2.07. The van der Waals surface area contributed by atoms with Gasteiger partial charge in [0.25, 0.3) is 0 Å². The molecule has 4 heteroatoms. The van der Waals surface area contributed by atoms with Gasteiger partial charge in [-0.05, 0) is 47.1 Å². The van der Waals surface area contributed by atoms with Crippen molar-refractivity contribution in [2.75, 3.05) is 0 Å². The second-order valence-electron chi connectivity index (χ2n) is 7.65. The van der Waals surface area contributed by atoms with Gasteiger partial charge in [0, 0.05) is 19.0 Å². The van der Waals surface area contributed by atoms with E-state index in [1.165, 1.54) is 36.8 Å². The zero-order chi connectivity index (χ0) is 18.1. The van der Waals surface area contributed by atoms with Crippen LogP contribution in [0.2, 0.25) is 0 Å². The van der Waals surface area contributed by atoms with Gasteiger partial charge in [0.1, 0.15) is 0 Å². The lowest BCUT2D eigenvalue weighted by molar-refractivity contribution is 0.717. The highest BCUT2D eigenvalue weighted by Crippen LogP contribution is 2.47. The van der Waals surface area contributed by atoms with Crippen LogP contribution in [-0.4, -0.2) is 14.8 Å². The van der Waals surface area contributed by atoms with Gasteiger partial charge in [0.15, 0.2) is 11.6 Å². The molecule has 0 spiro atoms. The lowest BCUT2D eigenvalue weighted by atomic mass is 10.1. The van der Waals surface area contributed by atoms with Crippen LogP contribution in [-0.2, 0) is 13.5 Å². The summed E-state index contributed by atoms with van der Waals surface area (Å²) < 4.78 is 2.13. The van der Waals surface area contributed by atoms with Gasteiger partial charge in [-0.25, -0.2) is 0 Å². The van der Waals surface area contributed by atoms with E-state index in [1.807, 2.05) is 0 Å². The Kier molecular flexibility index (Phi) is 5.03. The van der Waals surface area contributed by atoms with Crippen LogP contribution in [0.25, 0.3) is 17.0 Å². The molecule has 1 aromatic carbocycles. The summed E-state index contributed by atoms with van der Waals surface area (Å²) in [5.74, 6) is 3.26. The molecule has 0 amide bonds. The third-order valence-electron chi connectivity index (χ3n) is 5.53. The van der Waals surface area contributed by atoms with Gasteiger partial charge in [-0.15, -0.1) is 22.8 Å². The fourth-order valence-corrected chi connectivity index (χ4v) is 4.21. The van der Waals surface area contributed by atoms with Crippen molar-refractivity contribution in [3.8, 4) is 11.4 Å². The highest BCUT2D eigenvalue weighted by atomic mass is 32.1. The molecule has 1 fully saturated rings. The number of nitrogens with zero attached hydrogens (tertiary/aromatic N) is 3. The van der Waals surface area contributed by atoms with Gasteiger partial charge in [0.05, 0.1) is 0 Å². The van der Waals surface area contributed by atoms with E-state index in [0.717, 1.165) is 35.0 Å². The molecule has 1 saturated carbocycles. The van der Waals surface area contributed by atoms with Gasteiger partial charge in [-0.3, -0.25) is 0 Å². The largest absolute Gasteiger partial charge is 0.310 e. The number of unbranched alkanes of at least 4 members (excludes halogenated alkanes) is 2. The first-order valence-electron chi connectivity index (χ1n) is 9.75. The van der Waals surface area contributed by atoms with Crippen molar-refractivity contribution >= 4 is 18.2 Å². The molecule has 2 aliphatic carbocycles. The fourth-order valence-electron chi connectivity index (χ4n) is 3.85. The molecule has 2 unspecified atom stereocenters. The summed E-state index contributed by atoms with van der Waals surface area (Å²) >= 11 is 4.65. The van der Waals surface area contributed by atoms with E-state index in [2.05, 4.69) is 77.8 Å². The second kappa shape index (κ2) is 7.43. The van der Waals surface area contributed by atoms with E-state index in [0.29, 0.717) is 11.8 Å². The van der Waals surface area contributed by atoms with Crippen molar-refractivity contribution < 1.29 is 0 Å². The first-order chi connectivity index (χ1) is 12.7. The predicted octanol–water partition coefficient (Wildman–Crippen LogP) is 5.45. The normalized spacial score (nSPS) is 21.7. The standard InChI is InChI=1S/C22H27N3S/c1-3-4-5-6-15-7-9-16(10-8-15)21-23-24-22(25(21)2)19-12-17-11-18(17)13-20(26)14-19/h7-10,12-13,17-18,26H,3-6,11,14H2,1-2H3. The molecule has 0 aliphatic heterocycles. The Balaban J connectivity index is 1.55. The Bertz CT molecular complexity index is 845. The molecular weight excluding hydrogens is 338 g/mol. The molecule has 2 aromatic rings. The third-order valence-corrected chi connectivity index (χ3v) is 5.83. The van der Waals surface area contributed by atoms with Crippen LogP contribution in [0.4, 0.5) is 0 Å². The van der Waals surface area contributed by atoms with Crippen molar-refractivity contribution in [2.24, 2.45) is 18.9 Å². The summed E-state index contributed by atoms with van der Waals surface area (Å²) in [6.07, 6.45) is 11.8. The molecule has 2 atom stereocenters. The molecule has 26 heavy (non-hydrogen) atoms. The lowest BCUT2D eigenvalue weighted by Gasteiger charge is -2.08. The van der Waals surface area contributed by atoms with E-state index in [1.54, 1.807) is 0 Å². The van der Waals surface area contributed by atoms with Crippen molar-refractivity contribution in [3.63, 3.8) is 0 Å². The average molecular weight is 366 g/mol. The lowest BCUT2D eigenvalue weighted by Crippen LogP contribution is -2.00. The van der Waals surface area contributed by atoms with E-state index >= 15 is 0 Å². The smallest absolute Gasteiger partial charge is 0.163 e. The van der Waals surface area contributed by atoms with Crippen LogP contribution >= 0.6 is 12.6 Å². The minimum atomic E-state index is 0.664. The number of fused-ring (bicyclic) bond motifs is 1. The first-order valence-corrected chi connectivity index (χ1v) is 10.2. The van der Waals surface area contributed by atoms with Gasteiger partial charge in [-0.2, -0.15) is 0 Å². The van der Waals surface area contributed by atoms with E-state index in [9.17, 15) is 0 Å². The number of allylic oxidation sites excluding steroid dienone is 4. The average Bonchev–Trinajstić information content (AvgIpc) is 3.26. The molecule has 136 valence electrons. The summed E-state index contributed by atoms with van der Waals surface area (Å²) in [5.41, 5.74) is 3.79. The maximum atomic E-state index is 4.65. The minimum Gasteiger partial charge on any atom is -0.310 e. The van der Waals surface area contributed by atoms with E-state index < -0.39 is 0 Å². The minimum absolute atomic E-state index is 0.664. The number of benzene rings is 1. The Morgan fingerprint density at radius 1 is 1.04 bits per heavy atom. The number of hydrogen-bond acceptors (Lipinski definition) is 3. The first kappa shape index (κ1) is 17.6. The van der Waals surface area contributed by atoms with Crippen LogP contribution in [0.15, 0.2) is 41.3 Å². The van der Waals surface area contributed by atoms with Crippen LogP contribution < -0.4 is 0 Å². The number of hydrogen-bond donors (Lipinski definition) is 1. The molecule has 0 bridgehead atoms. The number of aromatic nitrogens is 3. The SMILES string of the molecule is CCCCCc1ccc(-c2nnc(C3=CC4CC4C=C(S)C3)n2C)cc1. The quantitative estimate of drug-likeness (QED) is 0.545. The molecule has 1 aromatic heterocycles. The molecule has 4 rings (SSSR count). The van der Waals surface area contributed by atoms with Crippen LogP contribution in [0, 0.1) is 11.8 Å². The molecule has 0 N–H and O–H groups in total. The van der Waals surface area contributed by atoms with Crippen molar-refractivity contribution in [2.45, 2.75) is 45.4 Å². The Hall–Kier alpha value is -1.81. The zero-order valence-electron chi connectivity index (χ0n) is 15.7. The summed E-state index contributed by atoms with van der Waals surface area (Å²) in [6, 6.07) is 8.82. The predicted molar refractivity (Wildman–Crippen MR) is 111 cm³/mol. The molecule has 3 nitrogen and oxygen atoms in total. The number of thiol groups is 1. The number of rotatable bonds is 6. The van der Waals surface area contributed by atoms with Crippen LogP contribution in [0.3, 0.4) is 0 Å². The molecule has 0 saturated heterocycles. The Labute approximate surface area is 161 Å². The van der Waals surface area contributed by atoms with Crippen LogP contribution in [0.1, 0.15) is 50.4 Å². The maximum absolute atomic E-state index is 4.65. The molecule has 2 aliphatic rings. The summed E-state index contributed by atoms with van der Waals surface area (Å²) in [5, 5.41) is 9.00. The third kappa shape index (κ3) is 3.66. The summed E-state index contributed by atoms with van der Waals surface area (Å²) in [4.78, 5) is 1.15. The second-order valence-corrected chi connectivity index (χ2v) is 8.22. The van der Waals surface area contributed by atoms with Crippen molar-refractivity contribution in [3.05, 3.63) is 52.7 Å². The van der Waals surface area contributed by atoms with Gasteiger partial charge >= 0.3 is 0 Å². The zero-order valence-corrected chi connectivity index (χ0v) is 16.5. The fraction of sp³-hybridized carbons (Fsp3) is 0.455. The monoisotopic (exact) mass is 365 g/mol. The molecule has 1 heterocycles. The summed E-state index contributed by atoms with van der Waals surface area (Å²) in [6.45, 7) is 2.24. The van der Waals surface area contributed by atoms with E-state index in [4.69, 9.17) is 0 Å². The van der Waals surface area contributed by atoms with Crippen molar-refractivity contribution in [1.82, 2.24) is 14.8 Å². The number of aryl methyl sites for hydroxylation is 1. The Morgan fingerprint density at radius 3 is 2.54 bits per heavy atom. The van der Waals surface area contributed by atoms with Gasteiger partial charge in [-0.1, -0.05) is 56.2 Å². The highest BCUT2D eigenvalue weighted by Gasteiger charge is 2.36. The highest BCUT2D eigenvalue weighted by molar-refractivity contribution is 7.84. The topological polar surface area (TPSA) is 30.7 Å². The van der Waals surface area contributed by atoms with E-state index in [-0.39, 0.29) is 0 Å². The van der Waals surface area contributed by atoms with Crippen LogP contribution in [0.5, 0.6) is 0 Å². The van der Waals surface area contributed by atoms with Gasteiger partial charge in [0.2, 0.25) is 0 Å². The van der Waals surface area contributed by atoms with Gasteiger partial charge < -0.3 is 4.57 Å². The van der Waals surface area contributed by atoms with Crippen molar-refractivity contribution in [1.29, 1.82) is 0 Å². The molecular formula is C22H27N3S.